The van der Waals surface area contributed by atoms with E-state index >= 15 is 0 Å². The third-order valence-corrected chi connectivity index (χ3v) is 2.89. The standard InChI is InChI=1S/C11H18BrN3/c1-5-6-8(2)10-13-7-9(12)11(14-10)15(3)4/h7-8H,5-6H2,1-4H3. The van der Waals surface area contributed by atoms with Gasteiger partial charge in [-0.05, 0) is 22.4 Å². The zero-order chi connectivity index (χ0) is 11.4. The predicted molar refractivity (Wildman–Crippen MR) is 67.4 cm³/mol. The van der Waals surface area contributed by atoms with E-state index in [4.69, 9.17) is 0 Å². The van der Waals surface area contributed by atoms with Crippen LogP contribution in [0.3, 0.4) is 0 Å². The Kier molecular flexibility index (Phi) is 4.51. The van der Waals surface area contributed by atoms with Gasteiger partial charge in [-0.2, -0.15) is 0 Å². The molecule has 0 bridgehead atoms. The summed E-state index contributed by atoms with van der Waals surface area (Å²) < 4.78 is 0.944. The van der Waals surface area contributed by atoms with Crippen molar-refractivity contribution in [2.24, 2.45) is 0 Å². The van der Waals surface area contributed by atoms with Crippen molar-refractivity contribution in [1.29, 1.82) is 0 Å². The molecule has 0 N–H and O–H groups in total. The van der Waals surface area contributed by atoms with Crippen molar-refractivity contribution in [3.05, 3.63) is 16.5 Å². The van der Waals surface area contributed by atoms with Crippen LogP contribution in [0.4, 0.5) is 5.82 Å². The van der Waals surface area contributed by atoms with Crippen LogP contribution in [-0.2, 0) is 0 Å². The molecule has 3 nitrogen and oxygen atoms in total. The summed E-state index contributed by atoms with van der Waals surface area (Å²) in [5, 5.41) is 0. The van der Waals surface area contributed by atoms with Gasteiger partial charge in [-0.3, -0.25) is 0 Å². The lowest BCUT2D eigenvalue weighted by atomic mass is 10.1. The minimum absolute atomic E-state index is 0.432. The van der Waals surface area contributed by atoms with E-state index in [2.05, 4.69) is 39.7 Å². The zero-order valence-electron chi connectivity index (χ0n) is 9.79. The second-order valence-corrected chi connectivity index (χ2v) is 4.84. The number of rotatable bonds is 4. The van der Waals surface area contributed by atoms with E-state index in [0.717, 1.165) is 29.0 Å². The lowest BCUT2D eigenvalue weighted by Gasteiger charge is -2.16. The fourth-order valence-electron chi connectivity index (χ4n) is 1.48. The Hall–Kier alpha value is -0.640. The summed E-state index contributed by atoms with van der Waals surface area (Å²) in [4.78, 5) is 10.9. The molecular weight excluding hydrogens is 254 g/mol. The van der Waals surface area contributed by atoms with Gasteiger partial charge >= 0.3 is 0 Å². The van der Waals surface area contributed by atoms with Crippen LogP contribution >= 0.6 is 15.9 Å². The molecule has 1 atom stereocenters. The molecule has 84 valence electrons. The first kappa shape index (κ1) is 12.4. The van der Waals surface area contributed by atoms with E-state index in [1.807, 2.05) is 25.2 Å². The van der Waals surface area contributed by atoms with Gasteiger partial charge in [0.05, 0.1) is 4.47 Å². The number of halogens is 1. The second-order valence-electron chi connectivity index (χ2n) is 3.98. The van der Waals surface area contributed by atoms with Crippen LogP contribution in [0.15, 0.2) is 10.7 Å². The first-order valence-corrected chi connectivity index (χ1v) is 6.05. The SMILES string of the molecule is CCCC(C)c1ncc(Br)c(N(C)C)n1. The molecule has 1 aromatic rings. The van der Waals surface area contributed by atoms with Crippen molar-refractivity contribution in [2.45, 2.75) is 32.6 Å². The molecule has 0 radical (unpaired) electrons. The van der Waals surface area contributed by atoms with Crippen LogP contribution in [0.1, 0.15) is 38.4 Å². The quantitative estimate of drug-likeness (QED) is 0.842. The van der Waals surface area contributed by atoms with Gasteiger partial charge in [-0.15, -0.1) is 0 Å². The van der Waals surface area contributed by atoms with Crippen molar-refractivity contribution in [2.75, 3.05) is 19.0 Å². The summed E-state index contributed by atoms with van der Waals surface area (Å²) in [5.41, 5.74) is 0. The highest BCUT2D eigenvalue weighted by molar-refractivity contribution is 9.10. The van der Waals surface area contributed by atoms with Gasteiger partial charge < -0.3 is 4.90 Å². The second kappa shape index (κ2) is 5.45. The molecule has 1 unspecified atom stereocenters. The van der Waals surface area contributed by atoms with Crippen molar-refractivity contribution < 1.29 is 0 Å². The Morgan fingerprint density at radius 2 is 2.13 bits per heavy atom. The van der Waals surface area contributed by atoms with Crippen LogP contribution in [0.25, 0.3) is 0 Å². The van der Waals surface area contributed by atoms with Gasteiger partial charge in [-0.1, -0.05) is 20.3 Å². The zero-order valence-corrected chi connectivity index (χ0v) is 11.4. The summed E-state index contributed by atoms with van der Waals surface area (Å²) in [6, 6.07) is 0. The molecule has 1 aromatic heterocycles. The van der Waals surface area contributed by atoms with Crippen LogP contribution in [0.5, 0.6) is 0 Å². The molecule has 0 spiro atoms. The van der Waals surface area contributed by atoms with E-state index in [9.17, 15) is 0 Å². The Morgan fingerprint density at radius 1 is 1.47 bits per heavy atom. The fraction of sp³-hybridized carbons (Fsp3) is 0.636. The van der Waals surface area contributed by atoms with Gasteiger partial charge in [0.2, 0.25) is 0 Å². The van der Waals surface area contributed by atoms with Crippen molar-refractivity contribution >= 4 is 21.7 Å². The fourth-order valence-corrected chi connectivity index (χ4v) is 2.03. The van der Waals surface area contributed by atoms with Crippen LogP contribution < -0.4 is 4.90 Å². The maximum Gasteiger partial charge on any atom is 0.146 e. The van der Waals surface area contributed by atoms with Gasteiger partial charge in [-0.25, -0.2) is 9.97 Å². The number of hydrogen-bond acceptors (Lipinski definition) is 3. The molecule has 0 saturated carbocycles. The first-order chi connectivity index (χ1) is 7.06. The van der Waals surface area contributed by atoms with Crippen molar-refractivity contribution in [3.63, 3.8) is 0 Å². The Bertz CT molecular complexity index is 326. The smallest absolute Gasteiger partial charge is 0.146 e. The molecule has 1 heterocycles. The number of hydrogen-bond donors (Lipinski definition) is 0. The number of nitrogens with zero attached hydrogens (tertiary/aromatic N) is 3. The maximum absolute atomic E-state index is 4.56. The minimum atomic E-state index is 0.432. The lowest BCUT2D eigenvalue weighted by molar-refractivity contribution is 0.625. The predicted octanol–water partition coefficient (Wildman–Crippen LogP) is 3.21. The molecule has 0 aliphatic rings. The molecule has 0 saturated heterocycles. The number of anilines is 1. The summed E-state index contributed by atoms with van der Waals surface area (Å²) in [7, 11) is 3.97. The summed E-state index contributed by atoms with van der Waals surface area (Å²) in [5.74, 6) is 2.31. The van der Waals surface area contributed by atoms with Crippen LogP contribution in [0, 0.1) is 0 Å². The molecule has 15 heavy (non-hydrogen) atoms. The van der Waals surface area contributed by atoms with E-state index in [-0.39, 0.29) is 0 Å². The van der Waals surface area contributed by atoms with Crippen LogP contribution in [-0.4, -0.2) is 24.1 Å². The first-order valence-electron chi connectivity index (χ1n) is 5.26. The van der Waals surface area contributed by atoms with E-state index in [1.165, 1.54) is 0 Å². The molecule has 1 rings (SSSR count). The van der Waals surface area contributed by atoms with E-state index in [0.29, 0.717) is 5.92 Å². The van der Waals surface area contributed by atoms with E-state index in [1.54, 1.807) is 0 Å². The highest BCUT2D eigenvalue weighted by atomic mass is 79.9. The highest BCUT2D eigenvalue weighted by Crippen LogP contribution is 2.24. The molecule has 0 aromatic carbocycles. The van der Waals surface area contributed by atoms with Crippen LogP contribution in [0.2, 0.25) is 0 Å². The topological polar surface area (TPSA) is 29.0 Å². The van der Waals surface area contributed by atoms with Gasteiger partial charge in [0.15, 0.2) is 0 Å². The van der Waals surface area contributed by atoms with Gasteiger partial charge in [0, 0.05) is 26.2 Å². The molecule has 0 aliphatic carbocycles. The lowest BCUT2D eigenvalue weighted by Crippen LogP contribution is -2.14. The number of aromatic nitrogens is 2. The summed E-state index contributed by atoms with van der Waals surface area (Å²) in [6.45, 7) is 4.36. The Balaban J connectivity index is 2.96. The van der Waals surface area contributed by atoms with Gasteiger partial charge in [0.1, 0.15) is 11.6 Å². The Morgan fingerprint density at radius 3 is 2.67 bits per heavy atom. The monoisotopic (exact) mass is 271 g/mol. The Labute approximate surface area is 100 Å². The van der Waals surface area contributed by atoms with Gasteiger partial charge in [0.25, 0.3) is 0 Å². The molecule has 0 fully saturated rings. The average molecular weight is 272 g/mol. The normalized spacial score (nSPS) is 12.6. The average Bonchev–Trinajstić information content (AvgIpc) is 2.18. The van der Waals surface area contributed by atoms with E-state index < -0.39 is 0 Å². The minimum Gasteiger partial charge on any atom is -0.362 e. The largest absolute Gasteiger partial charge is 0.362 e. The molecule has 4 heteroatoms. The maximum atomic E-state index is 4.56. The summed E-state index contributed by atoms with van der Waals surface area (Å²) >= 11 is 3.45. The third kappa shape index (κ3) is 3.16. The molecule has 0 aliphatic heterocycles. The highest BCUT2D eigenvalue weighted by Gasteiger charge is 2.11. The molecule has 0 amide bonds. The third-order valence-electron chi connectivity index (χ3n) is 2.33. The summed E-state index contributed by atoms with van der Waals surface area (Å²) in [6.07, 6.45) is 4.14. The van der Waals surface area contributed by atoms with Crippen molar-refractivity contribution in [1.82, 2.24) is 9.97 Å². The van der Waals surface area contributed by atoms with Crippen molar-refractivity contribution in [3.8, 4) is 0 Å². The molecular formula is C11H18BrN3.